The molecular weight excluding hydrogens is 266 g/mol. The third-order valence-electron chi connectivity index (χ3n) is 3.17. The molecule has 1 fully saturated rings. The quantitative estimate of drug-likeness (QED) is 0.863. The number of hydrogen-bond donors (Lipinski definition) is 2. The number of rotatable bonds is 5. The van der Waals surface area contributed by atoms with Crippen LogP contribution in [0.2, 0.25) is 0 Å². The average Bonchev–Trinajstić information content (AvgIpc) is 3.23. The van der Waals surface area contributed by atoms with Crippen molar-refractivity contribution >= 4 is 11.8 Å². The lowest BCUT2D eigenvalue weighted by Crippen LogP contribution is -2.38. The third kappa shape index (κ3) is 3.76. The zero-order valence-electron chi connectivity index (χ0n) is 11.1. The lowest BCUT2D eigenvalue weighted by molar-refractivity contribution is -0.127. The third-order valence-corrected chi connectivity index (χ3v) is 3.17. The SMILES string of the molecule is CC(NC(=O)CNC(=O)C1CC1)c1cc(F)ccc1F. The molecule has 1 aromatic rings. The summed E-state index contributed by atoms with van der Waals surface area (Å²) in [6.45, 7) is 1.40. The molecule has 6 heteroatoms. The smallest absolute Gasteiger partial charge is 0.239 e. The first kappa shape index (κ1) is 14.4. The molecule has 1 atom stereocenters. The lowest BCUT2D eigenvalue weighted by atomic mass is 10.1. The minimum atomic E-state index is -0.670. The molecule has 1 aromatic carbocycles. The molecule has 1 unspecified atom stereocenters. The van der Waals surface area contributed by atoms with Gasteiger partial charge in [-0.3, -0.25) is 9.59 Å². The van der Waals surface area contributed by atoms with Gasteiger partial charge in [0.25, 0.3) is 0 Å². The fourth-order valence-corrected chi connectivity index (χ4v) is 1.87. The maximum Gasteiger partial charge on any atom is 0.239 e. The van der Waals surface area contributed by atoms with Gasteiger partial charge in [-0.25, -0.2) is 8.78 Å². The Bertz CT molecular complexity index is 530. The highest BCUT2D eigenvalue weighted by atomic mass is 19.1. The van der Waals surface area contributed by atoms with Crippen LogP contribution in [0.5, 0.6) is 0 Å². The van der Waals surface area contributed by atoms with E-state index in [2.05, 4.69) is 10.6 Å². The molecular formula is C14H16F2N2O2. The number of carbonyl (C=O) groups excluding carboxylic acids is 2. The van der Waals surface area contributed by atoms with Crippen LogP contribution in [0.25, 0.3) is 0 Å². The van der Waals surface area contributed by atoms with Gasteiger partial charge in [-0.2, -0.15) is 0 Å². The van der Waals surface area contributed by atoms with Crippen molar-refractivity contribution in [3.05, 3.63) is 35.4 Å². The summed E-state index contributed by atoms with van der Waals surface area (Å²) in [6.07, 6.45) is 1.72. The molecule has 108 valence electrons. The maximum atomic E-state index is 13.5. The van der Waals surface area contributed by atoms with Crippen molar-refractivity contribution < 1.29 is 18.4 Å². The largest absolute Gasteiger partial charge is 0.348 e. The standard InChI is InChI=1S/C14H16F2N2O2/c1-8(11-6-10(15)4-5-12(11)16)18-13(19)7-17-14(20)9-2-3-9/h4-6,8-9H,2-3,7H2,1H3,(H,17,20)(H,18,19). The van der Waals surface area contributed by atoms with E-state index < -0.39 is 23.6 Å². The first-order valence-electron chi connectivity index (χ1n) is 6.49. The molecule has 20 heavy (non-hydrogen) atoms. The first-order chi connectivity index (χ1) is 9.47. The summed E-state index contributed by atoms with van der Waals surface area (Å²) in [5.41, 5.74) is 0.0758. The highest BCUT2D eigenvalue weighted by molar-refractivity contribution is 5.87. The molecule has 0 radical (unpaired) electrons. The van der Waals surface area contributed by atoms with E-state index >= 15 is 0 Å². The van der Waals surface area contributed by atoms with Gasteiger partial charge in [-0.1, -0.05) is 0 Å². The minimum Gasteiger partial charge on any atom is -0.348 e. The summed E-state index contributed by atoms with van der Waals surface area (Å²) in [5.74, 6) is -1.69. The van der Waals surface area contributed by atoms with Crippen LogP contribution in [0.1, 0.15) is 31.4 Å². The number of carbonyl (C=O) groups is 2. The Balaban J connectivity index is 1.86. The summed E-state index contributed by atoms with van der Waals surface area (Å²) in [7, 11) is 0. The van der Waals surface area contributed by atoms with E-state index in [9.17, 15) is 18.4 Å². The molecule has 0 spiro atoms. The second kappa shape index (κ2) is 5.98. The monoisotopic (exact) mass is 282 g/mol. The molecule has 1 aliphatic carbocycles. The Morgan fingerprint density at radius 2 is 2.05 bits per heavy atom. The Hall–Kier alpha value is -1.98. The maximum absolute atomic E-state index is 13.5. The van der Waals surface area contributed by atoms with Crippen molar-refractivity contribution in [2.75, 3.05) is 6.54 Å². The number of benzene rings is 1. The zero-order chi connectivity index (χ0) is 14.7. The molecule has 4 nitrogen and oxygen atoms in total. The fourth-order valence-electron chi connectivity index (χ4n) is 1.87. The molecule has 2 N–H and O–H groups in total. The Morgan fingerprint density at radius 1 is 1.35 bits per heavy atom. The van der Waals surface area contributed by atoms with Crippen LogP contribution in [0.15, 0.2) is 18.2 Å². The predicted molar refractivity (Wildman–Crippen MR) is 68.6 cm³/mol. The fraction of sp³-hybridized carbons (Fsp3) is 0.429. The second-order valence-electron chi connectivity index (χ2n) is 4.95. The summed E-state index contributed by atoms with van der Waals surface area (Å²) in [4.78, 5) is 23.0. The van der Waals surface area contributed by atoms with Crippen molar-refractivity contribution in [2.45, 2.75) is 25.8 Å². The Morgan fingerprint density at radius 3 is 2.70 bits per heavy atom. The summed E-state index contributed by atoms with van der Waals surface area (Å²) >= 11 is 0. The zero-order valence-corrected chi connectivity index (χ0v) is 11.1. The lowest BCUT2D eigenvalue weighted by Gasteiger charge is -2.15. The van der Waals surface area contributed by atoms with E-state index in [0.29, 0.717) is 0 Å². The molecule has 0 saturated heterocycles. The van der Waals surface area contributed by atoms with E-state index in [1.807, 2.05) is 0 Å². The van der Waals surface area contributed by atoms with Crippen molar-refractivity contribution in [1.29, 1.82) is 0 Å². The summed E-state index contributed by atoms with van der Waals surface area (Å²) in [5, 5.41) is 5.03. The molecule has 0 bridgehead atoms. The van der Waals surface area contributed by atoms with Crippen molar-refractivity contribution in [3.8, 4) is 0 Å². The van der Waals surface area contributed by atoms with Crippen LogP contribution in [-0.4, -0.2) is 18.4 Å². The van der Waals surface area contributed by atoms with Gasteiger partial charge in [-0.05, 0) is 38.0 Å². The van der Waals surface area contributed by atoms with Gasteiger partial charge >= 0.3 is 0 Å². The van der Waals surface area contributed by atoms with Crippen LogP contribution in [0, 0.1) is 17.6 Å². The van der Waals surface area contributed by atoms with Crippen molar-refractivity contribution in [3.63, 3.8) is 0 Å². The van der Waals surface area contributed by atoms with Crippen LogP contribution >= 0.6 is 0 Å². The number of nitrogens with one attached hydrogen (secondary N) is 2. The normalized spacial score (nSPS) is 15.6. The minimum absolute atomic E-state index is 0.0286. The molecule has 0 heterocycles. The van der Waals surface area contributed by atoms with Crippen LogP contribution < -0.4 is 10.6 Å². The van der Waals surface area contributed by atoms with Gasteiger partial charge in [0.2, 0.25) is 11.8 Å². The molecule has 1 aliphatic rings. The molecule has 1 saturated carbocycles. The van der Waals surface area contributed by atoms with Gasteiger partial charge < -0.3 is 10.6 Å². The van der Waals surface area contributed by atoms with E-state index in [-0.39, 0.29) is 23.9 Å². The van der Waals surface area contributed by atoms with E-state index in [1.54, 1.807) is 6.92 Å². The van der Waals surface area contributed by atoms with Gasteiger partial charge in [0.05, 0.1) is 12.6 Å². The number of hydrogen-bond acceptors (Lipinski definition) is 2. The summed E-state index contributed by atoms with van der Waals surface area (Å²) < 4.78 is 26.6. The summed E-state index contributed by atoms with van der Waals surface area (Å²) in [6, 6.07) is 2.41. The molecule has 0 aromatic heterocycles. The van der Waals surface area contributed by atoms with E-state index in [1.165, 1.54) is 0 Å². The number of amides is 2. The van der Waals surface area contributed by atoms with Crippen molar-refractivity contribution in [1.82, 2.24) is 10.6 Å². The number of halogens is 2. The van der Waals surface area contributed by atoms with Crippen LogP contribution in [-0.2, 0) is 9.59 Å². The Kier molecular flexibility index (Phi) is 4.32. The first-order valence-corrected chi connectivity index (χ1v) is 6.49. The highest BCUT2D eigenvalue weighted by Crippen LogP contribution is 2.28. The van der Waals surface area contributed by atoms with Gasteiger partial charge in [0.1, 0.15) is 11.6 Å². The van der Waals surface area contributed by atoms with Gasteiger partial charge in [-0.15, -0.1) is 0 Å². The van der Waals surface area contributed by atoms with Crippen molar-refractivity contribution in [2.24, 2.45) is 5.92 Å². The molecule has 0 aliphatic heterocycles. The van der Waals surface area contributed by atoms with Gasteiger partial charge in [0, 0.05) is 11.5 Å². The van der Waals surface area contributed by atoms with E-state index in [4.69, 9.17) is 0 Å². The predicted octanol–water partition coefficient (Wildman–Crippen LogP) is 1.67. The van der Waals surface area contributed by atoms with E-state index in [0.717, 1.165) is 31.0 Å². The second-order valence-corrected chi connectivity index (χ2v) is 4.95. The Labute approximate surface area is 115 Å². The topological polar surface area (TPSA) is 58.2 Å². The van der Waals surface area contributed by atoms with Crippen LogP contribution in [0.4, 0.5) is 8.78 Å². The molecule has 2 amide bonds. The molecule has 2 rings (SSSR count). The highest BCUT2D eigenvalue weighted by Gasteiger charge is 2.29. The van der Waals surface area contributed by atoms with Gasteiger partial charge in [0.15, 0.2) is 0 Å². The average molecular weight is 282 g/mol. The van der Waals surface area contributed by atoms with Crippen LogP contribution in [0.3, 0.4) is 0 Å².